The Morgan fingerprint density at radius 1 is 1.12 bits per heavy atom. The number of carbonyl (C=O) groups excluding carboxylic acids is 1. The molecule has 0 spiro atoms. The molecule has 2 rings (SSSR count). The monoisotopic (exact) mass is 361 g/mol. The first-order valence-corrected chi connectivity index (χ1v) is 10.2. The zero-order valence-electron chi connectivity index (χ0n) is 16.7. The number of hydrogen-bond donors (Lipinski definition) is 0. The number of benzene rings is 1. The molecule has 0 N–H and O–H groups in total. The van der Waals surface area contributed by atoms with Crippen molar-refractivity contribution in [3.63, 3.8) is 0 Å². The molecule has 1 fully saturated rings. The van der Waals surface area contributed by atoms with Gasteiger partial charge >= 0.3 is 5.97 Å². The van der Waals surface area contributed by atoms with Gasteiger partial charge in [-0.2, -0.15) is 0 Å². The summed E-state index contributed by atoms with van der Waals surface area (Å²) in [6.45, 7) is 8.82. The van der Waals surface area contributed by atoms with Gasteiger partial charge in [0.1, 0.15) is 6.10 Å². The summed E-state index contributed by atoms with van der Waals surface area (Å²) in [5.74, 6) is 0.361. The first kappa shape index (κ1) is 20.9. The molecule has 4 heteroatoms. The second-order valence-electron chi connectivity index (χ2n) is 7.26. The summed E-state index contributed by atoms with van der Waals surface area (Å²) < 4.78 is 11.8. The van der Waals surface area contributed by atoms with E-state index < -0.39 is 0 Å². The molecule has 1 aliphatic carbocycles. The second-order valence-corrected chi connectivity index (χ2v) is 7.26. The lowest BCUT2D eigenvalue weighted by molar-refractivity contribution is -0.157. The van der Waals surface area contributed by atoms with E-state index in [1.54, 1.807) is 0 Å². The number of likely N-dealkylation sites (N-methyl/N-ethyl adjacent to an activating group) is 1. The van der Waals surface area contributed by atoms with Gasteiger partial charge in [0, 0.05) is 6.92 Å². The molecule has 146 valence electrons. The molecule has 0 unspecified atom stereocenters. The summed E-state index contributed by atoms with van der Waals surface area (Å²) in [6, 6.07) is 10.4. The zero-order valence-corrected chi connectivity index (χ0v) is 16.7. The fourth-order valence-corrected chi connectivity index (χ4v) is 4.24. The van der Waals surface area contributed by atoms with Crippen LogP contribution in [0.3, 0.4) is 0 Å². The Labute approximate surface area is 158 Å². The molecule has 4 nitrogen and oxygen atoms in total. The highest BCUT2D eigenvalue weighted by atomic mass is 16.6. The van der Waals surface area contributed by atoms with Gasteiger partial charge in [-0.15, -0.1) is 0 Å². The van der Waals surface area contributed by atoms with E-state index in [1.165, 1.54) is 39.0 Å². The van der Waals surface area contributed by atoms with E-state index in [4.69, 9.17) is 9.47 Å². The van der Waals surface area contributed by atoms with Crippen LogP contribution in [0, 0.1) is 5.92 Å². The summed E-state index contributed by atoms with van der Waals surface area (Å²) in [7, 11) is 0. The number of hydrogen-bond acceptors (Lipinski definition) is 4. The minimum Gasteiger partial charge on any atom is -0.458 e. The Hall–Kier alpha value is -1.39. The highest BCUT2D eigenvalue weighted by molar-refractivity contribution is 5.66. The van der Waals surface area contributed by atoms with E-state index in [0.29, 0.717) is 19.1 Å². The van der Waals surface area contributed by atoms with Gasteiger partial charge in [-0.3, -0.25) is 9.69 Å². The van der Waals surface area contributed by atoms with Crippen molar-refractivity contribution in [3.8, 4) is 0 Å². The topological polar surface area (TPSA) is 38.8 Å². The van der Waals surface area contributed by atoms with Gasteiger partial charge in [0.15, 0.2) is 0 Å². The number of ether oxygens (including phenoxy) is 2. The predicted octanol–water partition coefficient (Wildman–Crippen LogP) is 4.43. The molecule has 0 aromatic heterocycles. The van der Waals surface area contributed by atoms with Crippen LogP contribution in [0.5, 0.6) is 0 Å². The minimum absolute atomic E-state index is 0.209. The Morgan fingerprint density at radius 3 is 2.35 bits per heavy atom. The lowest BCUT2D eigenvalue weighted by Crippen LogP contribution is -2.52. The Balaban J connectivity index is 2.08. The van der Waals surface area contributed by atoms with Crippen molar-refractivity contribution in [2.24, 2.45) is 5.92 Å². The Kier molecular flexibility index (Phi) is 9.13. The van der Waals surface area contributed by atoms with Gasteiger partial charge in [-0.1, -0.05) is 63.4 Å². The van der Waals surface area contributed by atoms with Gasteiger partial charge in [-0.05, 0) is 37.4 Å². The molecule has 1 aliphatic rings. The average molecular weight is 362 g/mol. The largest absolute Gasteiger partial charge is 0.458 e. The summed E-state index contributed by atoms with van der Waals surface area (Å²) >= 11 is 0. The van der Waals surface area contributed by atoms with E-state index in [9.17, 15) is 4.79 Å². The van der Waals surface area contributed by atoms with E-state index in [-0.39, 0.29) is 18.1 Å². The number of carbonyl (C=O) groups is 1. The van der Waals surface area contributed by atoms with Crippen molar-refractivity contribution in [2.45, 2.75) is 71.6 Å². The van der Waals surface area contributed by atoms with Gasteiger partial charge < -0.3 is 9.47 Å². The molecule has 26 heavy (non-hydrogen) atoms. The van der Waals surface area contributed by atoms with Crippen LogP contribution in [0.15, 0.2) is 30.3 Å². The lowest BCUT2D eigenvalue weighted by atomic mass is 9.81. The third-order valence-electron chi connectivity index (χ3n) is 5.46. The van der Waals surface area contributed by atoms with Gasteiger partial charge in [-0.25, -0.2) is 0 Å². The van der Waals surface area contributed by atoms with Crippen molar-refractivity contribution in [1.82, 2.24) is 4.90 Å². The van der Waals surface area contributed by atoms with Crippen LogP contribution in [0.4, 0.5) is 0 Å². The average Bonchev–Trinajstić information content (AvgIpc) is 2.66. The van der Waals surface area contributed by atoms with E-state index >= 15 is 0 Å². The maximum absolute atomic E-state index is 11.8. The number of esters is 1. The fraction of sp³-hybridized carbons (Fsp3) is 0.682. The second kappa shape index (κ2) is 11.3. The number of nitrogens with zero attached hydrogens (tertiary/aromatic N) is 1. The molecule has 0 aliphatic heterocycles. The van der Waals surface area contributed by atoms with Crippen LogP contribution in [-0.2, 0) is 20.9 Å². The molecule has 0 radical (unpaired) electrons. The lowest BCUT2D eigenvalue weighted by Gasteiger charge is -2.41. The Bertz CT molecular complexity index is 509. The molecule has 1 aromatic carbocycles. The summed E-state index contributed by atoms with van der Waals surface area (Å²) in [5.41, 5.74) is 1.14. The van der Waals surface area contributed by atoms with Crippen LogP contribution in [-0.4, -0.2) is 42.7 Å². The van der Waals surface area contributed by atoms with E-state index in [1.807, 2.05) is 18.2 Å². The molecule has 1 aromatic rings. The predicted molar refractivity (Wildman–Crippen MR) is 105 cm³/mol. The number of rotatable bonds is 10. The van der Waals surface area contributed by atoms with Gasteiger partial charge in [0.05, 0.1) is 19.3 Å². The van der Waals surface area contributed by atoms with Crippen LogP contribution >= 0.6 is 0 Å². The van der Waals surface area contributed by atoms with Crippen LogP contribution in [0.25, 0.3) is 0 Å². The standard InChI is InChI=1S/C22H35NO3/c1-4-23(5-2)22(20-14-10-7-11-15-20)21(26-18(3)24)17-25-16-19-12-8-6-9-13-19/h6,8-9,12-13,20-22H,4-5,7,10-11,14-17H2,1-3H3/t21-,22+/m1/s1. The maximum atomic E-state index is 11.8. The van der Waals surface area contributed by atoms with Gasteiger partial charge in [0.2, 0.25) is 0 Å². The third kappa shape index (κ3) is 6.40. The maximum Gasteiger partial charge on any atom is 0.303 e. The summed E-state index contributed by atoms with van der Waals surface area (Å²) in [5, 5.41) is 0. The van der Waals surface area contributed by atoms with Crippen LogP contribution in [0.1, 0.15) is 58.4 Å². The highest BCUT2D eigenvalue weighted by Gasteiger charge is 2.36. The summed E-state index contributed by atoms with van der Waals surface area (Å²) in [4.78, 5) is 14.2. The van der Waals surface area contributed by atoms with Crippen molar-refractivity contribution >= 4 is 5.97 Å². The molecular weight excluding hydrogens is 326 g/mol. The molecule has 0 bridgehead atoms. The highest BCUT2D eigenvalue weighted by Crippen LogP contribution is 2.32. The first-order chi connectivity index (χ1) is 12.7. The van der Waals surface area contributed by atoms with Crippen LogP contribution < -0.4 is 0 Å². The molecule has 0 heterocycles. The van der Waals surface area contributed by atoms with Crippen molar-refractivity contribution < 1.29 is 14.3 Å². The van der Waals surface area contributed by atoms with Crippen molar-refractivity contribution in [3.05, 3.63) is 35.9 Å². The quantitative estimate of drug-likeness (QED) is 0.578. The summed E-state index contributed by atoms with van der Waals surface area (Å²) in [6.07, 6.45) is 6.11. The third-order valence-corrected chi connectivity index (χ3v) is 5.46. The molecule has 0 saturated heterocycles. The molecule has 1 saturated carbocycles. The zero-order chi connectivity index (χ0) is 18.8. The first-order valence-electron chi connectivity index (χ1n) is 10.2. The smallest absolute Gasteiger partial charge is 0.303 e. The normalized spacial score (nSPS) is 17.8. The molecule has 0 amide bonds. The van der Waals surface area contributed by atoms with Crippen LogP contribution in [0.2, 0.25) is 0 Å². The SMILES string of the molecule is CCN(CC)[C@@H](C1CCCCC1)[C@@H](COCc1ccccc1)OC(C)=O. The van der Waals surface area contributed by atoms with Crippen molar-refractivity contribution in [1.29, 1.82) is 0 Å². The molecule has 2 atom stereocenters. The Morgan fingerprint density at radius 2 is 1.77 bits per heavy atom. The van der Waals surface area contributed by atoms with Crippen molar-refractivity contribution in [2.75, 3.05) is 19.7 Å². The molecular formula is C22H35NO3. The van der Waals surface area contributed by atoms with Gasteiger partial charge in [0.25, 0.3) is 0 Å². The van der Waals surface area contributed by atoms with E-state index in [2.05, 4.69) is 30.9 Å². The van der Waals surface area contributed by atoms with E-state index in [0.717, 1.165) is 18.7 Å². The minimum atomic E-state index is -0.216. The fourth-order valence-electron chi connectivity index (χ4n) is 4.24.